The first-order valence-electron chi connectivity index (χ1n) is 4.10. The largest absolute Gasteiger partial charge is 0.453 e. The molecule has 0 atom stereocenters. The first-order valence-corrected chi connectivity index (χ1v) is 4.10. The van der Waals surface area contributed by atoms with Gasteiger partial charge in [-0.3, -0.25) is 4.79 Å². The molecular weight excluding hydrogens is 168 g/mol. The van der Waals surface area contributed by atoms with Gasteiger partial charge in [0.1, 0.15) is 0 Å². The summed E-state index contributed by atoms with van der Waals surface area (Å²) in [5, 5.41) is 0. The van der Waals surface area contributed by atoms with Crippen molar-refractivity contribution in [2.45, 2.75) is 13.8 Å². The number of ketones is 1. The van der Waals surface area contributed by atoms with Crippen molar-refractivity contribution in [3.8, 4) is 11.5 Å². The van der Waals surface area contributed by atoms with Gasteiger partial charge in [-0.2, -0.15) is 0 Å². The molecule has 1 aromatic rings. The summed E-state index contributed by atoms with van der Waals surface area (Å²) in [7, 11) is 0. The van der Waals surface area contributed by atoms with Crippen molar-refractivity contribution < 1.29 is 14.3 Å². The third kappa shape index (κ3) is 1.16. The lowest BCUT2D eigenvalue weighted by molar-refractivity contribution is 0.101. The van der Waals surface area contributed by atoms with E-state index in [1.165, 1.54) is 6.92 Å². The Hall–Kier alpha value is -1.51. The molecule has 2 rings (SSSR count). The molecule has 0 spiro atoms. The lowest BCUT2D eigenvalue weighted by Crippen LogP contribution is -1.96. The number of benzene rings is 1. The second-order valence-corrected chi connectivity index (χ2v) is 3.05. The van der Waals surface area contributed by atoms with Gasteiger partial charge in [0.25, 0.3) is 0 Å². The maximum absolute atomic E-state index is 11.2. The highest BCUT2D eigenvalue weighted by Gasteiger charge is 2.21. The quantitative estimate of drug-likeness (QED) is 0.616. The second-order valence-electron chi connectivity index (χ2n) is 3.05. The monoisotopic (exact) mass is 178 g/mol. The van der Waals surface area contributed by atoms with Gasteiger partial charge in [-0.15, -0.1) is 0 Å². The molecule has 0 fully saturated rings. The minimum atomic E-state index is 0.00162. The molecule has 0 aliphatic carbocycles. The van der Waals surface area contributed by atoms with Gasteiger partial charge in [0, 0.05) is 0 Å². The third-order valence-electron chi connectivity index (χ3n) is 2.09. The molecule has 1 aliphatic heterocycles. The van der Waals surface area contributed by atoms with Crippen LogP contribution < -0.4 is 9.47 Å². The second kappa shape index (κ2) is 2.76. The van der Waals surface area contributed by atoms with E-state index in [1.54, 1.807) is 6.07 Å². The standard InChI is InChI=1S/C10H10O3/c1-6-3-4-8(7(2)11)10-9(6)12-5-13-10/h3-4H,5H2,1-2H3. The Morgan fingerprint density at radius 3 is 2.69 bits per heavy atom. The summed E-state index contributed by atoms with van der Waals surface area (Å²) < 4.78 is 10.5. The molecule has 0 bridgehead atoms. The van der Waals surface area contributed by atoms with Gasteiger partial charge in [0.15, 0.2) is 17.3 Å². The number of ether oxygens (including phenoxy) is 2. The summed E-state index contributed by atoms with van der Waals surface area (Å²) in [6.45, 7) is 3.66. The molecular formula is C10H10O3. The van der Waals surface area contributed by atoms with Crippen molar-refractivity contribution in [3.63, 3.8) is 0 Å². The van der Waals surface area contributed by atoms with E-state index in [-0.39, 0.29) is 12.6 Å². The average molecular weight is 178 g/mol. The van der Waals surface area contributed by atoms with E-state index in [2.05, 4.69) is 0 Å². The van der Waals surface area contributed by atoms with E-state index in [0.29, 0.717) is 17.1 Å². The van der Waals surface area contributed by atoms with E-state index < -0.39 is 0 Å². The van der Waals surface area contributed by atoms with Crippen LogP contribution in [0.15, 0.2) is 12.1 Å². The number of aryl methyl sites for hydroxylation is 1. The normalized spacial score (nSPS) is 13.1. The fourth-order valence-electron chi connectivity index (χ4n) is 1.41. The average Bonchev–Trinajstić information content (AvgIpc) is 2.53. The van der Waals surface area contributed by atoms with Crippen LogP contribution in [0.1, 0.15) is 22.8 Å². The van der Waals surface area contributed by atoms with Crippen LogP contribution in [0.25, 0.3) is 0 Å². The third-order valence-corrected chi connectivity index (χ3v) is 2.09. The summed E-state index contributed by atoms with van der Waals surface area (Å²) in [4.78, 5) is 11.2. The van der Waals surface area contributed by atoms with Crippen LogP contribution in [0, 0.1) is 6.92 Å². The molecule has 1 aromatic carbocycles. The van der Waals surface area contributed by atoms with Gasteiger partial charge in [-0.1, -0.05) is 6.07 Å². The molecule has 13 heavy (non-hydrogen) atoms. The Balaban J connectivity index is 2.62. The Morgan fingerprint density at radius 1 is 1.31 bits per heavy atom. The summed E-state index contributed by atoms with van der Waals surface area (Å²) >= 11 is 0. The van der Waals surface area contributed by atoms with Crippen molar-refractivity contribution >= 4 is 5.78 Å². The number of hydrogen-bond donors (Lipinski definition) is 0. The molecule has 0 aromatic heterocycles. The molecule has 3 heteroatoms. The lowest BCUT2D eigenvalue weighted by atomic mass is 10.1. The number of carbonyl (C=O) groups excluding carboxylic acids is 1. The number of carbonyl (C=O) groups is 1. The zero-order valence-corrected chi connectivity index (χ0v) is 7.59. The number of fused-ring (bicyclic) bond motifs is 1. The van der Waals surface area contributed by atoms with Gasteiger partial charge in [0.2, 0.25) is 6.79 Å². The SMILES string of the molecule is CC(=O)c1ccc(C)c2c1OCO2. The van der Waals surface area contributed by atoms with Gasteiger partial charge in [-0.25, -0.2) is 0 Å². The van der Waals surface area contributed by atoms with Crippen LogP contribution >= 0.6 is 0 Å². The van der Waals surface area contributed by atoms with Crippen molar-refractivity contribution in [2.75, 3.05) is 6.79 Å². The summed E-state index contributed by atoms with van der Waals surface area (Å²) in [6.07, 6.45) is 0. The lowest BCUT2D eigenvalue weighted by Gasteiger charge is -2.03. The van der Waals surface area contributed by atoms with Gasteiger partial charge in [0.05, 0.1) is 5.56 Å². The first kappa shape index (κ1) is 8.10. The van der Waals surface area contributed by atoms with Crippen LogP contribution in [0.3, 0.4) is 0 Å². The highest BCUT2D eigenvalue weighted by molar-refractivity contribution is 5.98. The molecule has 3 nitrogen and oxygen atoms in total. The molecule has 68 valence electrons. The van der Waals surface area contributed by atoms with Crippen LogP contribution in [-0.2, 0) is 0 Å². The fourth-order valence-corrected chi connectivity index (χ4v) is 1.41. The zero-order chi connectivity index (χ0) is 9.42. The number of rotatable bonds is 1. The van der Waals surface area contributed by atoms with E-state index in [1.807, 2.05) is 13.0 Å². The van der Waals surface area contributed by atoms with Gasteiger partial charge < -0.3 is 9.47 Å². The maximum atomic E-state index is 11.2. The minimum Gasteiger partial charge on any atom is -0.453 e. The van der Waals surface area contributed by atoms with Crippen molar-refractivity contribution in [3.05, 3.63) is 23.3 Å². The Kier molecular flexibility index (Phi) is 1.72. The van der Waals surface area contributed by atoms with Crippen LogP contribution in [-0.4, -0.2) is 12.6 Å². The molecule has 0 unspecified atom stereocenters. The van der Waals surface area contributed by atoms with Gasteiger partial charge in [-0.05, 0) is 25.5 Å². The number of Topliss-reactive ketones (excluding diaryl/α,β-unsaturated/α-hetero) is 1. The van der Waals surface area contributed by atoms with Crippen molar-refractivity contribution in [2.24, 2.45) is 0 Å². The molecule has 0 saturated heterocycles. The molecule has 0 saturated carbocycles. The molecule has 0 amide bonds. The van der Waals surface area contributed by atoms with Crippen molar-refractivity contribution in [1.29, 1.82) is 0 Å². The summed E-state index contributed by atoms with van der Waals surface area (Å²) in [6, 6.07) is 3.63. The highest BCUT2D eigenvalue weighted by atomic mass is 16.7. The van der Waals surface area contributed by atoms with Gasteiger partial charge >= 0.3 is 0 Å². The Bertz CT molecular complexity index is 369. The van der Waals surface area contributed by atoms with E-state index in [9.17, 15) is 4.79 Å². The Morgan fingerprint density at radius 2 is 2.00 bits per heavy atom. The maximum Gasteiger partial charge on any atom is 0.231 e. The zero-order valence-electron chi connectivity index (χ0n) is 7.59. The molecule has 1 aliphatic rings. The smallest absolute Gasteiger partial charge is 0.231 e. The van der Waals surface area contributed by atoms with E-state index in [4.69, 9.17) is 9.47 Å². The molecule has 0 N–H and O–H groups in total. The molecule has 1 heterocycles. The predicted octanol–water partition coefficient (Wildman–Crippen LogP) is 1.93. The topological polar surface area (TPSA) is 35.5 Å². The van der Waals surface area contributed by atoms with E-state index >= 15 is 0 Å². The van der Waals surface area contributed by atoms with Crippen LogP contribution in [0.2, 0.25) is 0 Å². The first-order chi connectivity index (χ1) is 6.20. The minimum absolute atomic E-state index is 0.00162. The highest BCUT2D eigenvalue weighted by Crippen LogP contribution is 2.38. The summed E-state index contributed by atoms with van der Waals surface area (Å²) in [5.41, 5.74) is 1.59. The van der Waals surface area contributed by atoms with E-state index in [0.717, 1.165) is 5.56 Å². The predicted molar refractivity (Wildman–Crippen MR) is 47.3 cm³/mol. The fraction of sp³-hybridized carbons (Fsp3) is 0.300. The van der Waals surface area contributed by atoms with Crippen LogP contribution in [0.4, 0.5) is 0 Å². The molecule has 0 radical (unpaired) electrons. The van der Waals surface area contributed by atoms with Crippen molar-refractivity contribution in [1.82, 2.24) is 0 Å². The number of hydrogen-bond acceptors (Lipinski definition) is 3. The van der Waals surface area contributed by atoms with Crippen LogP contribution in [0.5, 0.6) is 11.5 Å². The Labute approximate surface area is 76.3 Å². The summed E-state index contributed by atoms with van der Waals surface area (Å²) in [5.74, 6) is 1.29.